The molecule has 0 unspecified atom stereocenters. The Bertz CT molecular complexity index is 1160. The molecule has 31 heavy (non-hydrogen) atoms. The molecular formula is C23H26N4O3S. The molecule has 0 bridgehead atoms. The summed E-state index contributed by atoms with van der Waals surface area (Å²) in [4.78, 5) is 19.1. The zero-order chi connectivity index (χ0) is 22.0. The molecule has 2 aromatic carbocycles. The van der Waals surface area contributed by atoms with Crippen molar-refractivity contribution >= 4 is 15.9 Å². The summed E-state index contributed by atoms with van der Waals surface area (Å²) in [6.45, 7) is 5.91. The van der Waals surface area contributed by atoms with Crippen LogP contribution in [0.15, 0.2) is 65.8 Å². The van der Waals surface area contributed by atoms with Gasteiger partial charge in [0.05, 0.1) is 4.90 Å². The molecule has 1 aliphatic heterocycles. The fourth-order valence-corrected chi connectivity index (χ4v) is 5.12. The summed E-state index contributed by atoms with van der Waals surface area (Å²) in [5.41, 5.74) is 2.72. The monoisotopic (exact) mass is 438 g/mol. The number of piperazine rings is 1. The molecule has 0 radical (unpaired) electrons. The van der Waals surface area contributed by atoms with E-state index in [1.165, 1.54) is 4.31 Å². The second-order valence-corrected chi connectivity index (χ2v) is 9.75. The van der Waals surface area contributed by atoms with Gasteiger partial charge in [-0.05, 0) is 43.7 Å². The van der Waals surface area contributed by atoms with Gasteiger partial charge in [-0.15, -0.1) is 0 Å². The van der Waals surface area contributed by atoms with Gasteiger partial charge < -0.3 is 9.47 Å². The third kappa shape index (κ3) is 4.55. The van der Waals surface area contributed by atoms with E-state index in [9.17, 15) is 13.2 Å². The fourth-order valence-electron chi connectivity index (χ4n) is 3.69. The quantitative estimate of drug-likeness (QED) is 0.614. The highest BCUT2D eigenvalue weighted by atomic mass is 32.2. The second-order valence-electron chi connectivity index (χ2n) is 7.81. The van der Waals surface area contributed by atoms with Gasteiger partial charge in [0, 0.05) is 50.7 Å². The second kappa shape index (κ2) is 8.64. The molecule has 2 heterocycles. The number of benzene rings is 2. The number of nitrogens with zero attached hydrogens (tertiary/aromatic N) is 4. The highest BCUT2D eigenvalue weighted by Crippen LogP contribution is 2.19. The average Bonchev–Trinajstić information content (AvgIpc) is 3.18. The Morgan fingerprint density at radius 3 is 2.16 bits per heavy atom. The molecule has 0 N–H and O–H groups in total. The maximum Gasteiger partial charge on any atom is 0.253 e. The van der Waals surface area contributed by atoms with Crippen molar-refractivity contribution < 1.29 is 13.2 Å². The van der Waals surface area contributed by atoms with Crippen molar-refractivity contribution in [2.24, 2.45) is 0 Å². The zero-order valence-corrected chi connectivity index (χ0v) is 18.5. The van der Waals surface area contributed by atoms with Gasteiger partial charge in [-0.3, -0.25) is 4.79 Å². The summed E-state index contributed by atoms with van der Waals surface area (Å²) < 4.78 is 29.2. The van der Waals surface area contributed by atoms with Crippen molar-refractivity contribution in [3.63, 3.8) is 0 Å². The number of aromatic nitrogens is 2. The first-order valence-electron chi connectivity index (χ1n) is 10.3. The van der Waals surface area contributed by atoms with Crippen molar-refractivity contribution in [2.45, 2.75) is 25.3 Å². The van der Waals surface area contributed by atoms with E-state index in [1.54, 1.807) is 35.4 Å². The van der Waals surface area contributed by atoms with Crippen LogP contribution in [0.1, 0.15) is 27.3 Å². The largest absolute Gasteiger partial charge is 0.336 e. The standard InChI is InChI=1S/C23H26N4O3S/c1-18-3-9-22(10-4-18)31(29,30)27-15-13-25(14-16-27)23(28)21-7-5-20(6-8-21)17-26-12-11-24-19(26)2/h3-12H,13-17H2,1-2H3. The Balaban J connectivity index is 1.38. The van der Waals surface area contributed by atoms with Gasteiger partial charge in [0.15, 0.2) is 0 Å². The molecule has 0 spiro atoms. The van der Waals surface area contributed by atoms with Crippen LogP contribution in [0.4, 0.5) is 0 Å². The minimum Gasteiger partial charge on any atom is -0.336 e. The predicted molar refractivity (Wildman–Crippen MR) is 118 cm³/mol. The van der Waals surface area contributed by atoms with Gasteiger partial charge in [-0.25, -0.2) is 13.4 Å². The van der Waals surface area contributed by atoms with E-state index in [0.29, 0.717) is 43.2 Å². The third-order valence-corrected chi connectivity index (χ3v) is 7.57. The fraction of sp³-hybridized carbons (Fsp3) is 0.304. The normalized spacial score (nSPS) is 15.2. The molecule has 1 saturated heterocycles. The van der Waals surface area contributed by atoms with Crippen LogP contribution in [0, 0.1) is 13.8 Å². The van der Waals surface area contributed by atoms with Gasteiger partial charge in [0.1, 0.15) is 5.82 Å². The van der Waals surface area contributed by atoms with E-state index >= 15 is 0 Å². The lowest BCUT2D eigenvalue weighted by Gasteiger charge is -2.34. The lowest BCUT2D eigenvalue weighted by molar-refractivity contribution is 0.0698. The summed E-state index contributed by atoms with van der Waals surface area (Å²) in [5, 5.41) is 0. The lowest BCUT2D eigenvalue weighted by Crippen LogP contribution is -2.50. The molecule has 7 nitrogen and oxygen atoms in total. The first-order valence-corrected chi connectivity index (χ1v) is 11.7. The Hall–Kier alpha value is -2.97. The van der Waals surface area contributed by atoms with Crippen LogP contribution >= 0.6 is 0 Å². The average molecular weight is 439 g/mol. The highest BCUT2D eigenvalue weighted by molar-refractivity contribution is 7.89. The predicted octanol–water partition coefficient (Wildman–Crippen LogP) is 2.69. The maximum absolute atomic E-state index is 12.9. The van der Waals surface area contributed by atoms with Gasteiger partial charge in [0.25, 0.3) is 5.91 Å². The minimum atomic E-state index is -3.54. The van der Waals surface area contributed by atoms with Gasteiger partial charge in [-0.2, -0.15) is 4.31 Å². The smallest absolute Gasteiger partial charge is 0.253 e. The molecule has 162 valence electrons. The number of imidazole rings is 1. The summed E-state index contributed by atoms with van der Waals surface area (Å²) in [6.07, 6.45) is 3.70. The van der Waals surface area contributed by atoms with Crippen molar-refractivity contribution in [1.82, 2.24) is 18.8 Å². The minimum absolute atomic E-state index is 0.0715. The molecule has 0 saturated carbocycles. The first kappa shape index (κ1) is 21.3. The number of aryl methyl sites for hydroxylation is 2. The summed E-state index contributed by atoms with van der Waals surface area (Å²) in [6, 6.07) is 14.4. The SMILES string of the molecule is Cc1ccc(S(=O)(=O)N2CCN(C(=O)c3ccc(Cn4ccnc4C)cc3)CC2)cc1. The molecule has 1 fully saturated rings. The van der Waals surface area contributed by atoms with Crippen molar-refractivity contribution in [3.8, 4) is 0 Å². The van der Waals surface area contributed by atoms with Gasteiger partial charge in [-0.1, -0.05) is 29.8 Å². The molecule has 4 rings (SSSR count). The summed E-state index contributed by atoms with van der Waals surface area (Å²) in [7, 11) is -3.54. The Morgan fingerprint density at radius 2 is 1.58 bits per heavy atom. The number of hydrogen-bond acceptors (Lipinski definition) is 4. The molecule has 1 aromatic heterocycles. The Morgan fingerprint density at radius 1 is 0.935 bits per heavy atom. The maximum atomic E-state index is 12.9. The number of sulfonamides is 1. The van der Waals surface area contributed by atoms with Crippen LogP contribution < -0.4 is 0 Å². The van der Waals surface area contributed by atoms with Gasteiger partial charge in [0.2, 0.25) is 10.0 Å². The van der Waals surface area contributed by atoms with E-state index in [-0.39, 0.29) is 5.91 Å². The zero-order valence-electron chi connectivity index (χ0n) is 17.7. The van der Waals surface area contributed by atoms with E-state index in [1.807, 2.05) is 48.9 Å². The summed E-state index contributed by atoms with van der Waals surface area (Å²) in [5.74, 6) is 0.872. The molecule has 3 aromatic rings. The Labute approximate surface area is 183 Å². The molecular weight excluding hydrogens is 412 g/mol. The van der Waals surface area contributed by atoms with Crippen molar-refractivity contribution in [3.05, 3.63) is 83.4 Å². The van der Waals surface area contributed by atoms with E-state index in [0.717, 1.165) is 17.0 Å². The molecule has 1 amide bonds. The summed E-state index contributed by atoms with van der Waals surface area (Å²) >= 11 is 0. The molecule has 1 aliphatic rings. The van der Waals surface area contributed by atoms with Crippen LogP contribution in [-0.2, 0) is 16.6 Å². The number of carbonyl (C=O) groups excluding carboxylic acids is 1. The number of carbonyl (C=O) groups is 1. The van der Waals surface area contributed by atoms with Crippen LogP contribution in [0.3, 0.4) is 0 Å². The van der Waals surface area contributed by atoms with Crippen LogP contribution in [0.5, 0.6) is 0 Å². The third-order valence-electron chi connectivity index (χ3n) is 5.66. The van der Waals surface area contributed by atoms with Crippen LogP contribution in [0.2, 0.25) is 0 Å². The molecule has 0 aliphatic carbocycles. The van der Waals surface area contributed by atoms with E-state index in [4.69, 9.17) is 0 Å². The van der Waals surface area contributed by atoms with Crippen LogP contribution in [-0.4, -0.2) is 59.3 Å². The van der Waals surface area contributed by atoms with E-state index < -0.39 is 10.0 Å². The molecule has 0 atom stereocenters. The number of rotatable bonds is 5. The first-order chi connectivity index (χ1) is 14.8. The van der Waals surface area contributed by atoms with E-state index in [2.05, 4.69) is 4.98 Å². The lowest BCUT2D eigenvalue weighted by atomic mass is 10.1. The number of hydrogen-bond donors (Lipinski definition) is 0. The van der Waals surface area contributed by atoms with Crippen molar-refractivity contribution in [2.75, 3.05) is 26.2 Å². The highest BCUT2D eigenvalue weighted by Gasteiger charge is 2.30. The Kier molecular flexibility index (Phi) is 5.93. The van der Waals surface area contributed by atoms with Crippen LogP contribution in [0.25, 0.3) is 0 Å². The molecule has 8 heteroatoms. The topological polar surface area (TPSA) is 75.5 Å². The number of amides is 1. The van der Waals surface area contributed by atoms with Crippen molar-refractivity contribution in [1.29, 1.82) is 0 Å². The van der Waals surface area contributed by atoms with Gasteiger partial charge >= 0.3 is 0 Å².